The number of anilines is 1. The second-order valence-electron chi connectivity index (χ2n) is 5.18. The number of aromatic nitrogens is 2. The minimum Gasteiger partial charge on any atom is -0.355 e. The summed E-state index contributed by atoms with van der Waals surface area (Å²) >= 11 is 1.36. The summed E-state index contributed by atoms with van der Waals surface area (Å²) in [5.41, 5.74) is 5.31. The van der Waals surface area contributed by atoms with Crippen molar-refractivity contribution < 1.29 is 4.79 Å². The van der Waals surface area contributed by atoms with Crippen molar-refractivity contribution in [2.75, 3.05) is 31.6 Å². The standard InChI is InChI=1S/C13H14N4OS.CH5N/c18-7-12-15-9-1-2-11(16-13(9)19-12)17-5-8-3-4-14-10(8)6-17;1-2/h1-2,7-8,10,14H,3-6H2;2H2,1H3. The zero-order valence-electron chi connectivity index (χ0n) is 12.0. The van der Waals surface area contributed by atoms with Gasteiger partial charge in [0.2, 0.25) is 0 Å². The first-order chi connectivity index (χ1) is 10.3. The lowest BCUT2D eigenvalue weighted by molar-refractivity contribution is 0.112. The highest BCUT2D eigenvalue weighted by Gasteiger charge is 2.36. The zero-order chi connectivity index (χ0) is 14.8. The van der Waals surface area contributed by atoms with Gasteiger partial charge in [0.1, 0.15) is 16.2 Å². The van der Waals surface area contributed by atoms with Crippen molar-refractivity contribution in [1.82, 2.24) is 15.3 Å². The third kappa shape index (κ3) is 2.64. The van der Waals surface area contributed by atoms with Gasteiger partial charge in [-0.2, -0.15) is 0 Å². The predicted molar refractivity (Wildman–Crippen MR) is 85.0 cm³/mol. The molecule has 2 aromatic rings. The topological polar surface area (TPSA) is 84.1 Å². The third-order valence-electron chi connectivity index (χ3n) is 4.04. The summed E-state index contributed by atoms with van der Waals surface area (Å²) in [6, 6.07) is 4.59. The number of carbonyl (C=O) groups is 1. The molecule has 0 bridgehead atoms. The smallest absolute Gasteiger partial charge is 0.178 e. The van der Waals surface area contributed by atoms with Gasteiger partial charge in [0, 0.05) is 19.1 Å². The monoisotopic (exact) mass is 305 g/mol. The fourth-order valence-electron chi connectivity index (χ4n) is 3.09. The summed E-state index contributed by atoms with van der Waals surface area (Å²) in [7, 11) is 1.50. The molecule has 2 saturated heterocycles. The van der Waals surface area contributed by atoms with E-state index in [1.807, 2.05) is 12.1 Å². The molecular formula is C14H19N5OS. The zero-order valence-corrected chi connectivity index (χ0v) is 12.8. The molecular weight excluding hydrogens is 286 g/mol. The molecule has 4 heterocycles. The van der Waals surface area contributed by atoms with Gasteiger partial charge in [-0.05, 0) is 38.1 Å². The van der Waals surface area contributed by atoms with E-state index in [-0.39, 0.29) is 0 Å². The van der Waals surface area contributed by atoms with Crippen LogP contribution in [0.25, 0.3) is 10.3 Å². The molecule has 0 aliphatic carbocycles. The average molecular weight is 305 g/mol. The van der Waals surface area contributed by atoms with E-state index in [0.29, 0.717) is 11.0 Å². The molecule has 0 saturated carbocycles. The highest BCUT2D eigenvalue weighted by atomic mass is 32.1. The molecule has 0 aromatic carbocycles. The Hall–Kier alpha value is -1.57. The van der Waals surface area contributed by atoms with Crippen LogP contribution in [0.3, 0.4) is 0 Å². The van der Waals surface area contributed by atoms with E-state index in [0.717, 1.165) is 48.0 Å². The highest BCUT2D eigenvalue weighted by Crippen LogP contribution is 2.29. The lowest BCUT2D eigenvalue weighted by Gasteiger charge is -2.18. The van der Waals surface area contributed by atoms with Crippen LogP contribution >= 0.6 is 11.3 Å². The van der Waals surface area contributed by atoms with Gasteiger partial charge in [-0.25, -0.2) is 9.97 Å². The van der Waals surface area contributed by atoms with Crippen LogP contribution in [0.4, 0.5) is 5.82 Å². The molecule has 0 amide bonds. The largest absolute Gasteiger partial charge is 0.355 e. The summed E-state index contributed by atoms with van der Waals surface area (Å²) in [5, 5.41) is 4.04. The molecule has 2 fully saturated rings. The number of hydrogen-bond donors (Lipinski definition) is 2. The van der Waals surface area contributed by atoms with Gasteiger partial charge in [0.15, 0.2) is 11.3 Å². The molecule has 2 atom stereocenters. The fourth-order valence-corrected chi connectivity index (χ4v) is 3.83. The first-order valence-corrected chi connectivity index (χ1v) is 7.94. The molecule has 7 heteroatoms. The maximum absolute atomic E-state index is 10.8. The Bertz CT molecular complexity index is 631. The van der Waals surface area contributed by atoms with E-state index in [2.05, 4.69) is 25.9 Å². The molecule has 2 unspecified atom stereocenters. The number of aldehydes is 1. The van der Waals surface area contributed by atoms with Crippen LogP contribution in [0.2, 0.25) is 0 Å². The molecule has 0 radical (unpaired) electrons. The van der Waals surface area contributed by atoms with Gasteiger partial charge in [0.25, 0.3) is 0 Å². The molecule has 2 aliphatic rings. The predicted octanol–water partition coefficient (Wildman–Crippen LogP) is 0.877. The molecule has 2 aromatic heterocycles. The minimum atomic E-state index is 0.500. The van der Waals surface area contributed by atoms with E-state index in [9.17, 15) is 4.79 Å². The second-order valence-corrected chi connectivity index (χ2v) is 6.19. The van der Waals surface area contributed by atoms with Crippen LogP contribution in [0.1, 0.15) is 16.2 Å². The molecule has 4 rings (SSSR count). The Morgan fingerprint density at radius 3 is 3.00 bits per heavy atom. The maximum atomic E-state index is 10.8. The Kier molecular flexibility index (Phi) is 4.14. The first-order valence-electron chi connectivity index (χ1n) is 7.12. The molecule has 6 nitrogen and oxygen atoms in total. The van der Waals surface area contributed by atoms with E-state index in [4.69, 9.17) is 0 Å². The van der Waals surface area contributed by atoms with Crippen molar-refractivity contribution in [2.24, 2.45) is 11.7 Å². The van der Waals surface area contributed by atoms with Crippen molar-refractivity contribution >= 4 is 33.8 Å². The second kappa shape index (κ2) is 6.05. The Balaban J connectivity index is 0.000000636. The van der Waals surface area contributed by atoms with Gasteiger partial charge >= 0.3 is 0 Å². The quantitative estimate of drug-likeness (QED) is 0.801. The highest BCUT2D eigenvalue weighted by molar-refractivity contribution is 7.19. The Morgan fingerprint density at radius 1 is 1.38 bits per heavy atom. The van der Waals surface area contributed by atoms with Crippen LogP contribution in [0.15, 0.2) is 12.1 Å². The van der Waals surface area contributed by atoms with Crippen molar-refractivity contribution in [3.05, 3.63) is 17.1 Å². The van der Waals surface area contributed by atoms with Crippen molar-refractivity contribution in [3.8, 4) is 0 Å². The van der Waals surface area contributed by atoms with Crippen LogP contribution < -0.4 is 16.0 Å². The van der Waals surface area contributed by atoms with Crippen LogP contribution in [-0.4, -0.2) is 49.0 Å². The van der Waals surface area contributed by atoms with Crippen molar-refractivity contribution in [2.45, 2.75) is 12.5 Å². The van der Waals surface area contributed by atoms with Gasteiger partial charge in [-0.1, -0.05) is 11.3 Å². The Labute approximate surface area is 127 Å². The normalized spacial score (nSPS) is 23.8. The molecule has 21 heavy (non-hydrogen) atoms. The summed E-state index contributed by atoms with van der Waals surface area (Å²) in [5.74, 6) is 1.76. The molecule has 112 valence electrons. The van der Waals surface area contributed by atoms with Gasteiger partial charge in [-0.15, -0.1) is 0 Å². The Morgan fingerprint density at radius 2 is 2.24 bits per heavy atom. The molecule has 0 spiro atoms. The minimum absolute atomic E-state index is 0.500. The van der Waals surface area contributed by atoms with E-state index in [1.54, 1.807) is 0 Å². The molecule has 2 aliphatic heterocycles. The summed E-state index contributed by atoms with van der Waals surface area (Å²) in [6.07, 6.45) is 2.05. The van der Waals surface area contributed by atoms with E-state index in [1.165, 1.54) is 24.8 Å². The number of nitrogens with zero attached hydrogens (tertiary/aromatic N) is 3. The third-order valence-corrected chi connectivity index (χ3v) is 4.94. The van der Waals surface area contributed by atoms with Gasteiger partial charge < -0.3 is 16.0 Å². The summed E-state index contributed by atoms with van der Waals surface area (Å²) in [6.45, 7) is 3.26. The number of nitrogens with two attached hydrogens (primary N) is 1. The number of carbonyl (C=O) groups excluding carboxylic acids is 1. The number of rotatable bonds is 2. The SMILES string of the molecule is CN.O=Cc1nc2ccc(N3CC4CCNC4C3)nc2s1. The number of fused-ring (bicyclic) bond motifs is 2. The number of hydrogen-bond acceptors (Lipinski definition) is 7. The average Bonchev–Trinajstić information content (AvgIpc) is 3.21. The number of thiazole rings is 1. The summed E-state index contributed by atoms with van der Waals surface area (Å²) in [4.78, 5) is 22.8. The maximum Gasteiger partial charge on any atom is 0.178 e. The lowest BCUT2D eigenvalue weighted by Crippen LogP contribution is -2.30. The number of nitrogens with one attached hydrogen (secondary N) is 1. The van der Waals surface area contributed by atoms with E-state index >= 15 is 0 Å². The van der Waals surface area contributed by atoms with Crippen molar-refractivity contribution in [1.29, 1.82) is 0 Å². The summed E-state index contributed by atoms with van der Waals surface area (Å²) < 4.78 is 0. The molecule has 3 N–H and O–H groups in total. The van der Waals surface area contributed by atoms with Gasteiger partial charge in [-0.3, -0.25) is 4.79 Å². The van der Waals surface area contributed by atoms with Crippen LogP contribution in [-0.2, 0) is 0 Å². The van der Waals surface area contributed by atoms with Gasteiger partial charge in [0.05, 0.1) is 0 Å². The van der Waals surface area contributed by atoms with Crippen LogP contribution in [0.5, 0.6) is 0 Å². The number of pyridine rings is 1. The first kappa shape index (κ1) is 14.4. The van der Waals surface area contributed by atoms with Crippen LogP contribution in [0, 0.1) is 5.92 Å². The van der Waals surface area contributed by atoms with Crippen molar-refractivity contribution in [3.63, 3.8) is 0 Å². The van der Waals surface area contributed by atoms with E-state index < -0.39 is 0 Å². The fraction of sp³-hybridized carbons (Fsp3) is 0.500. The lowest BCUT2D eigenvalue weighted by atomic mass is 10.1.